The molecule has 0 fully saturated rings. The molecule has 96 valence electrons. The lowest BCUT2D eigenvalue weighted by atomic mass is 10.2. The van der Waals surface area contributed by atoms with Crippen LogP contribution in [0.4, 0.5) is 0 Å². The average molecular weight is 374 g/mol. The van der Waals surface area contributed by atoms with E-state index < -0.39 is 0 Å². The van der Waals surface area contributed by atoms with E-state index in [2.05, 4.69) is 25.9 Å². The van der Waals surface area contributed by atoms with Crippen LogP contribution in [0.3, 0.4) is 0 Å². The molecule has 0 amide bonds. The normalized spacial score (nSPS) is 11.2. The largest absolute Gasteiger partial charge is 0.226 e. The molecule has 0 radical (unpaired) electrons. The van der Waals surface area contributed by atoms with Gasteiger partial charge in [0.25, 0.3) is 0 Å². The molecule has 0 aliphatic heterocycles. The zero-order valence-electron chi connectivity index (χ0n) is 9.75. The zero-order valence-corrected chi connectivity index (χ0v) is 13.7. The van der Waals surface area contributed by atoms with Crippen LogP contribution in [-0.4, -0.2) is 9.97 Å². The number of hydrogen-bond donors (Lipinski definition) is 0. The number of halogens is 3. The summed E-state index contributed by atoms with van der Waals surface area (Å²) >= 11 is 17.4. The Morgan fingerprint density at radius 1 is 1.21 bits per heavy atom. The standard InChI is InChI=1S/C13H7BrCl2N2S/c1-6-4-7-10(8(14)5-6)17-13(18-12(7)16)11-9(15)2-3-19-11/h2-5H,1H3. The molecule has 0 bridgehead atoms. The quantitative estimate of drug-likeness (QED) is 0.508. The van der Waals surface area contributed by atoms with Crippen molar-refractivity contribution in [2.24, 2.45) is 0 Å². The topological polar surface area (TPSA) is 25.8 Å². The first-order valence-electron chi connectivity index (χ1n) is 5.43. The third kappa shape index (κ3) is 2.38. The first kappa shape index (κ1) is 13.3. The second kappa shape index (κ2) is 5.02. The van der Waals surface area contributed by atoms with Crippen LogP contribution < -0.4 is 0 Å². The van der Waals surface area contributed by atoms with E-state index in [4.69, 9.17) is 23.2 Å². The molecule has 0 aliphatic carbocycles. The Balaban J connectivity index is 2.34. The molecule has 0 saturated heterocycles. The monoisotopic (exact) mass is 372 g/mol. The molecule has 3 rings (SSSR count). The van der Waals surface area contributed by atoms with Crippen molar-refractivity contribution in [2.45, 2.75) is 6.92 Å². The van der Waals surface area contributed by atoms with Gasteiger partial charge in [-0.1, -0.05) is 23.2 Å². The summed E-state index contributed by atoms with van der Waals surface area (Å²) in [5.41, 5.74) is 1.90. The van der Waals surface area contributed by atoms with Gasteiger partial charge in [0.05, 0.1) is 15.4 Å². The minimum Gasteiger partial charge on any atom is -0.226 e. The number of hydrogen-bond acceptors (Lipinski definition) is 3. The molecule has 2 aromatic heterocycles. The van der Waals surface area contributed by atoms with Gasteiger partial charge < -0.3 is 0 Å². The molecule has 0 unspecified atom stereocenters. The molecule has 3 aromatic rings. The summed E-state index contributed by atoms with van der Waals surface area (Å²) < 4.78 is 0.903. The van der Waals surface area contributed by atoms with Crippen LogP contribution in [0.25, 0.3) is 21.6 Å². The van der Waals surface area contributed by atoms with Crippen molar-refractivity contribution < 1.29 is 0 Å². The summed E-state index contributed by atoms with van der Waals surface area (Å²) in [5, 5.41) is 3.83. The van der Waals surface area contributed by atoms with Crippen molar-refractivity contribution in [3.63, 3.8) is 0 Å². The van der Waals surface area contributed by atoms with Crippen LogP contribution in [0.5, 0.6) is 0 Å². The molecule has 0 aliphatic rings. The van der Waals surface area contributed by atoms with Gasteiger partial charge in [0.2, 0.25) is 0 Å². The van der Waals surface area contributed by atoms with Gasteiger partial charge in [-0.25, -0.2) is 9.97 Å². The zero-order chi connectivity index (χ0) is 13.6. The van der Waals surface area contributed by atoms with Crippen molar-refractivity contribution in [2.75, 3.05) is 0 Å². The summed E-state index contributed by atoms with van der Waals surface area (Å²) in [6.45, 7) is 2.00. The Hall–Kier alpha value is -0.680. The number of thiophene rings is 1. The van der Waals surface area contributed by atoms with E-state index in [1.807, 2.05) is 30.5 Å². The molecule has 0 spiro atoms. The fourth-order valence-electron chi connectivity index (χ4n) is 1.84. The summed E-state index contributed by atoms with van der Waals surface area (Å²) in [6, 6.07) is 5.81. The van der Waals surface area contributed by atoms with Crippen LogP contribution >= 0.6 is 50.5 Å². The van der Waals surface area contributed by atoms with E-state index in [0.29, 0.717) is 16.0 Å². The van der Waals surface area contributed by atoms with E-state index in [0.717, 1.165) is 25.8 Å². The molecule has 19 heavy (non-hydrogen) atoms. The number of benzene rings is 1. The maximum absolute atomic E-state index is 6.26. The summed E-state index contributed by atoms with van der Waals surface area (Å²) in [7, 11) is 0. The Morgan fingerprint density at radius 3 is 2.68 bits per heavy atom. The van der Waals surface area contributed by atoms with E-state index in [1.165, 1.54) is 11.3 Å². The van der Waals surface area contributed by atoms with Gasteiger partial charge >= 0.3 is 0 Å². The van der Waals surface area contributed by atoms with Crippen LogP contribution in [0.2, 0.25) is 10.2 Å². The lowest BCUT2D eigenvalue weighted by molar-refractivity contribution is 1.23. The van der Waals surface area contributed by atoms with Gasteiger partial charge in [-0.05, 0) is 52.0 Å². The minimum absolute atomic E-state index is 0.439. The highest BCUT2D eigenvalue weighted by Gasteiger charge is 2.14. The Kier molecular flexibility index (Phi) is 3.52. The number of aromatic nitrogens is 2. The lowest BCUT2D eigenvalue weighted by Crippen LogP contribution is -1.92. The first-order chi connectivity index (χ1) is 9.06. The fraction of sp³-hybridized carbons (Fsp3) is 0.0769. The van der Waals surface area contributed by atoms with Gasteiger partial charge in [-0.15, -0.1) is 11.3 Å². The number of rotatable bonds is 1. The van der Waals surface area contributed by atoms with Gasteiger partial charge in [0, 0.05) is 9.86 Å². The van der Waals surface area contributed by atoms with Crippen molar-refractivity contribution in [1.29, 1.82) is 0 Å². The van der Waals surface area contributed by atoms with Gasteiger partial charge in [0.1, 0.15) is 5.15 Å². The number of fused-ring (bicyclic) bond motifs is 1. The summed E-state index contributed by atoms with van der Waals surface area (Å²) in [6.07, 6.45) is 0. The van der Waals surface area contributed by atoms with Crippen LogP contribution in [0.15, 0.2) is 28.1 Å². The molecule has 0 saturated carbocycles. The SMILES string of the molecule is Cc1cc(Br)c2nc(-c3sccc3Cl)nc(Cl)c2c1. The molecule has 0 N–H and O–H groups in total. The second-order valence-corrected chi connectivity index (χ2v) is 6.61. The van der Waals surface area contributed by atoms with Gasteiger partial charge in [-0.3, -0.25) is 0 Å². The van der Waals surface area contributed by atoms with Gasteiger partial charge in [-0.2, -0.15) is 0 Å². The average Bonchev–Trinajstić information content (AvgIpc) is 2.76. The Bertz CT molecular complexity index is 786. The maximum Gasteiger partial charge on any atom is 0.173 e. The highest BCUT2D eigenvalue weighted by atomic mass is 79.9. The summed E-state index contributed by atoms with van der Waals surface area (Å²) in [5.74, 6) is 0.557. The number of aryl methyl sites for hydroxylation is 1. The minimum atomic E-state index is 0.439. The predicted molar refractivity (Wildman–Crippen MR) is 85.3 cm³/mol. The van der Waals surface area contributed by atoms with Gasteiger partial charge in [0.15, 0.2) is 5.82 Å². The highest BCUT2D eigenvalue weighted by Crippen LogP contribution is 2.35. The Labute approximate surface area is 132 Å². The molecule has 0 atom stereocenters. The molecular weight excluding hydrogens is 367 g/mol. The van der Waals surface area contributed by atoms with E-state index in [-0.39, 0.29) is 0 Å². The third-order valence-corrected chi connectivity index (χ3v) is 4.90. The highest BCUT2D eigenvalue weighted by molar-refractivity contribution is 9.10. The predicted octanol–water partition coefficient (Wildman–Crippen LogP) is 5.74. The van der Waals surface area contributed by atoms with Crippen LogP contribution in [0, 0.1) is 6.92 Å². The van der Waals surface area contributed by atoms with E-state index in [9.17, 15) is 0 Å². The molecule has 1 aromatic carbocycles. The fourth-order valence-corrected chi connectivity index (χ4v) is 3.81. The maximum atomic E-state index is 6.26. The molecule has 2 heterocycles. The van der Waals surface area contributed by atoms with E-state index >= 15 is 0 Å². The lowest BCUT2D eigenvalue weighted by Gasteiger charge is -2.06. The third-order valence-electron chi connectivity index (χ3n) is 2.67. The molecular formula is C13H7BrCl2N2S. The van der Waals surface area contributed by atoms with Crippen LogP contribution in [0.1, 0.15) is 5.56 Å². The molecule has 6 heteroatoms. The Morgan fingerprint density at radius 2 is 2.00 bits per heavy atom. The van der Waals surface area contributed by atoms with Crippen molar-refractivity contribution in [3.8, 4) is 10.7 Å². The number of nitrogens with zero attached hydrogens (tertiary/aromatic N) is 2. The van der Waals surface area contributed by atoms with Crippen molar-refractivity contribution >= 4 is 61.4 Å². The summed E-state index contributed by atoms with van der Waals surface area (Å²) in [4.78, 5) is 9.74. The van der Waals surface area contributed by atoms with Crippen LogP contribution in [-0.2, 0) is 0 Å². The van der Waals surface area contributed by atoms with Crippen molar-refractivity contribution in [1.82, 2.24) is 9.97 Å². The molecule has 2 nitrogen and oxygen atoms in total. The van der Waals surface area contributed by atoms with Crippen molar-refractivity contribution in [3.05, 3.63) is 43.8 Å². The first-order valence-corrected chi connectivity index (χ1v) is 7.86. The second-order valence-electron chi connectivity index (χ2n) is 4.08. The smallest absolute Gasteiger partial charge is 0.173 e. The van der Waals surface area contributed by atoms with E-state index in [1.54, 1.807) is 0 Å².